The molecule has 1 N–H and O–H groups in total. The lowest BCUT2D eigenvalue weighted by Crippen LogP contribution is -2.41. The Labute approximate surface area is 113 Å². The molecule has 0 saturated carbocycles. The maximum atomic E-state index is 6.01. The van der Waals surface area contributed by atoms with E-state index in [4.69, 9.17) is 9.47 Å². The molecule has 1 heterocycles. The van der Waals surface area contributed by atoms with Gasteiger partial charge in [-0.05, 0) is 53.9 Å². The van der Waals surface area contributed by atoms with Crippen molar-refractivity contribution in [1.29, 1.82) is 0 Å². The van der Waals surface area contributed by atoms with Crippen LogP contribution >= 0.6 is 0 Å². The van der Waals surface area contributed by atoms with E-state index in [0.29, 0.717) is 6.10 Å². The minimum Gasteiger partial charge on any atom is -0.373 e. The van der Waals surface area contributed by atoms with Crippen LogP contribution in [0.3, 0.4) is 0 Å². The van der Waals surface area contributed by atoms with E-state index in [2.05, 4.69) is 46.9 Å². The molecule has 1 aliphatic rings. The maximum absolute atomic E-state index is 6.01. The van der Waals surface area contributed by atoms with E-state index in [1.807, 2.05) is 0 Å². The first kappa shape index (κ1) is 15.9. The van der Waals surface area contributed by atoms with Gasteiger partial charge in [-0.15, -0.1) is 0 Å². The molecule has 0 radical (unpaired) electrons. The summed E-state index contributed by atoms with van der Waals surface area (Å²) in [6.45, 7) is 14.7. The predicted octanol–water partition coefficient (Wildman–Crippen LogP) is 3.13. The van der Waals surface area contributed by atoms with Gasteiger partial charge in [0, 0.05) is 12.1 Å². The standard InChI is InChI=1S/C15H31NO2/c1-7-15(5,6)17-11-13-9-8-12(18-13)10-16-14(2,3)4/h12-13,16H,7-11H2,1-6H3. The molecule has 0 aliphatic carbocycles. The van der Waals surface area contributed by atoms with Crippen molar-refractivity contribution in [3.63, 3.8) is 0 Å². The smallest absolute Gasteiger partial charge is 0.0814 e. The number of hydrogen-bond donors (Lipinski definition) is 1. The zero-order valence-electron chi connectivity index (χ0n) is 13.0. The Kier molecular flexibility index (Phi) is 5.63. The molecule has 1 rings (SSSR count). The molecule has 0 spiro atoms. The van der Waals surface area contributed by atoms with Crippen molar-refractivity contribution in [1.82, 2.24) is 5.32 Å². The lowest BCUT2D eigenvalue weighted by atomic mass is 10.1. The highest BCUT2D eigenvalue weighted by Crippen LogP contribution is 2.22. The summed E-state index contributed by atoms with van der Waals surface area (Å²) in [4.78, 5) is 0. The Hall–Kier alpha value is -0.120. The van der Waals surface area contributed by atoms with Crippen LogP contribution < -0.4 is 5.32 Å². The third-order valence-corrected chi connectivity index (χ3v) is 3.57. The van der Waals surface area contributed by atoms with Gasteiger partial charge in [-0.3, -0.25) is 0 Å². The topological polar surface area (TPSA) is 30.5 Å². The second-order valence-corrected chi connectivity index (χ2v) is 7.01. The molecule has 0 aromatic rings. The molecule has 18 heavy (non-hydrogen) atoms. The molecular weight excluding hydrogens is 226 g/mol. The average molecular weight is 257 g/mol. The first-order valence-corrected chi connectivity index (χ1v) is 7.26. The summed E-state index contributed by atoms with van der Waals surface area (Å²) >= 11 is 0. The molecule has 0 aromatic heterocycles. The Morgan fingerprint density at radius 3 is 2.28 bits per heavy atom. The number of rotatable bonds is 6. The van der Waals surface area contributed by atoms with Crippen molar-refractivity contribution in [3.8, 4) is 0 Å². The first-order chi connectivity index (χ1) is 8.22. The van der Waals surface area contributed by atoms with Crippen LogP contribution in [0.5, 0.6) is 0 Å². The van der Waals surface area contributed by atoms with Crippen LogP contribution in [-0.4, -0.2) is 36.5 Å². The fourth-order valence-electron chi connectivity index (χ4n) is 1.89. The van der Waals surface area contributed by atoms with Gasteiger partial charge >= 0.3 is 0 Å². The molecule has 3 nitrogen and oxygen atoms in total. The quantitative estimate of drug-likeness (QED) is 0.793. The zero-order chi connectivity index (χ0) is 13.8. The van der Waals surface area contributed by atoms with Crippen LogP contribution in [0.25, 0.3) is 0 Å². The van der Waals surface area contributed by atoms with Crippen LogP contribution in [0, 0.1) is 0 Å². The summed E-state index contributed by atoms with van der Waals surface area (Å²) in [7, 11) is 0. The van der Waals surface area contributed by atoms with Crippen molar-refractivity contribution < 1.29 is 9.47 Å². The third kappa shape index (κ3) is 6.17. The Bertz CT molecular complexity index is 245. The molecule has 3 heteroatoms. The number of nitrogens with one attached hydrogen (secondary N) is 1. The highest BCUT2D eigenvalue weighted by atomic mass is 16.6. The fourth-order valence-corrected chi connectivity index (χ4v) is 1.89. The highest BCUT2D eigenvalue weighted by Gasteiger charge is 2.28. The van der Waals surface area contributed by atoms with Crippen molar-refractivity contribution in [3.05, 3.63) is 0 Å². The second-order valence-electron chi connectivity index (χ2n) is 7.01. The lowest BCUT2D eigenvalue weighted by Gasteiger charge is -2.26. The normalized spacial score (nSPS) is 25.7. The average Bonchev–Trinajstić information content (AvgIpc) is 2.71. The fraction of sp³-hybridized carbons (Fsp3) is 1.00. The summed E-state index contributed by atoms with van der Waals surface area (Å²) in [6.07, 6.45) is 3.93. The molecule has 0 amide bonds. The minimum absolute atomic E-state index is 0.0227. The van der Waals surface area contributed by atoms with Gasteiger partial charge in [-0.2, -0.15) is 0 Å². The Morgan fingerprint density at radius 2 is 1.72 bits per heavy atom. The molecule has 108 valence electrons. The van der Waals surface area contributed by atoms with Crippen LogP contribution in [0.15, 0.2) is 0 Å². The lowest BCUT2D eigenvalue weighted by molar-refractivity contribution is -0.0784. The first-order valence-electron chi connectivity index (χ1n) is 7.26. The molecule has 0 bridgehead atoms. The third-order valence-electron chi connectivity index (χ3n) is 3.57. The Balaban J connectivity index is 2.21. The van der Waals surface area contributed by atoms with E-state index in [-0.39, 0.29) is 17.2 Å². The van der Waals surface area contributed by atoms with E-state index in [0.717, 1.165) is 32.4 Å². The number of ether oxygens (including phenoxy) is 2. The molecule has 1 fully saturated rings. The van der Waals surface area contributed by atoms with Crippen molar-refractivity contribution in [2.24, 2.45) is 0 Å². The van der Waals surface area contributed by atoms with Crippen LogP contribution in [0.4, 0.5) is 0 Å². The van der Waals surface area contributed by atoms with E-state index in [1.165, 1.54) is 0 Å². The summed E-state index contributed by atoms with van der Waals surface area (Å²) in [5.74, 6) is 0. The van der Waals surface area contributed by atoms with Crippen LogP contribution in [-0.2, 0) is 9.47 Å². The van der Waals surface area contributed by atoms with Crippen LogP contribution in [0.1, 0.15) is 60.8 Å². The molecule has 2 unspecified atom stereocenters. The van der Waals surface area contributed by atoms with Gasteiger partial charge in [0.05, 0.1) is 24.4 Å². The molecule has 2 atom stereocenters. The van der Waals surface area contributed by atoms with E-state index >= 15 is 0 Å². The monoisotopic (exact) mass is 257 g/mol. The number of hydrogen-bond acceptors (Lipinski definition) is 3. The van der Waals surface area contributed by atoms with Gasteiger partial charge in [0.1, 0.15) is 0 Å². The maximum Gasteiger partial charge on any atom is 0.0814 e. The van der Waals surface area contributed by atoms with E-state index in [9.17, 15) is 0 Å². The van der Waals surface area contributed by atoms with Crippen molar-refractivity contribution >= 4 is 0 Å². The Morgan fingerprint density at radius 1 is 1.11 bits per heavy atom. The summed E-state index contributed by atoms with van der Waals surface area (Å²) in [6, 6.07) is 0. The van der Waals surface area contributed by atoms with Gasteiger partial charge in [0.2, 0.25) is 0 Å². The summed E-state index contributed by atoms with van der Waals surface area (Å²) < 4.78 is 11.9. The van der Waals surface area contributed by atoms with E-state index < -0.39 is 0 Å². The second kappa shape index (κ2) is 6.36. The minimum atomic E-state index is -0.0227. The van der Waals surface area contributed by atoms with E-state index in [1.54, 1.807) is 0 Å². The van der Waals surface area contributed by atoms with Crippen molar-refractivity contribution in [2.45, 2.75) is 84.2 Å². The molecular formula is C15H31NO2. The van der Waals surface area contributed by atoms with Gasteiger partial charge in [-0.25, -0.2) is 0 Å². The highest BCUT2D eigenvalue weighted by molar-refractivity contribution is 4.80. The van der Waals surface area contributed by atoms with Crippen molar-refractivity contribution in [2.75, 3.05) is 13.2 Å². The van der Waals surface area contributed by atoms with Gasteiger partial charge in [0.15, 0.2) is 0 Å². The zero-order valence-corrected chi connectivity index (χ0v) is 13.0. The van der Waals surface area contributed by atoms with Gasteiger partial charge < -0.3 is 14.8 Å². The van der Waals surface area contributed by atoms with Gasteiger partial charge in [0.25, 0.3) is 0 Å². The molecule has 1 aliphatic heterocycles. The largest absolute Gasteiger partial charge is 0.373 e. The molecule has 0 aromatic carbocycles. The SMILES string of the molecule is CCC(C)(C)OCC1CCC(CNC(C)(C)C)O1. The molecule has 1 saturated heterocycles. The predicted molar refractivity (Wildman–Crippen MR) is 76.0 cm³/mol. The summed E-state index contributed by atoms with van der Waals surface area (Å²) in [5.41, 5.74) is 0.146. The van der Waals surface area contributed by atoms with Crippen LogP contribution in [0.2, 0.25) is 0 Å². The summed E-state index contributed by atoms with van der Waals surface area (Å²) in [5, 5.41) is 3.50. The van der Waals surface area contributed by atoms with Gasteiger partial charge in [-0.1, -0.05) is 6.92 Å².